The fraction of sp³-hybridized carbons (Fsp3) is 0.100. The SMILES string of the molecule is Cc1ccc(-n2nc(C(=O)Nc3ccccc3)n3c(=O)c4c5c(cnc4nc23)CCc2ccccc2-5)cc1. The van der Waals surface area contributed by atoms with Gasteiger partial charge in [0.25, 0.3) is 11.5 Å². The molecule has 0 saturated carbocycles. The minimum Gasteiger partial charge on any atom is -0.319 e. The van der Waals surface area contributed by atoms with Crippen LogP contribution in [0.4, 0.5) is 5.69 Å². The Morgan fingerprint density at radius 2 is 1.63 bits per heavy atom. The number of carbonyl (C=O) groups excluding carboxylic acids is 1. The molecule has 1 aliphatic carbocycles. The van der Waals surface area contributed by atoms with Gasteiger partial charge in [-0.1, -0.05) is 60.2 Å². The van der Waals surface area contributed by atoms with Crippen LogP contribution in [0, 0.1) is 6.92 Å². The molecule has 0 bridgehead atoms. The molecule has 0 saturated heterocycles. The number of para-hydroxylation sites is 1. The first-order chi connectivity index (χ1) is 18.6. The Balaban J connectivity index is 1.54. The number of pyridine rings is 1. The molecule has 0 spiro atoms. The Labute approximate surface area is 217 Å². The van der Waals surface area contributed by atoms with E-state index in [-0.39, 0.29) is 17.2 Å². The third-order valence-corrected chi connectivity index (χ3v) is 7.02. The smallest absolute Gasteiger partial charge is 0.294 e. The molecule has 38 heavy (non-hydrogen) atoms. The van der Waals surface area contributed by atoms with E-state index in [0.29, 0.717) is 22.4 Å². The number of rotatable bonds is 3. The number of aromatic nitrogens is 5. The van der Waals surface area contributed by atoms with Gasteiger partial charge in [0.2, 0.25) is 11.6 Å². The molecule has 0 radical (unpaired) electrons. The van der Waals surface area contributed by atoms with E-state index in [0.717, 1.165) is 35.1 Å². The maximum Gasteiger partial charge on any atom is 0.294 e. The third kappa shape index (κ3) is 3.42. The van der Waals surface area contributed by atoms with Crippen molar-refractivity contribution in [2.45, 2.75) is 19.8 Å². The van der Waals surface area contributed by atoms with Crippen molar-refractivity contribution in [2.24, 2.45) is 0 Å². The Hall–Kier alpha value is -5.11. The number of hydrogen-bond donors (Lipinski definition) is 1. The van der Waals surface area contributed by atoms with E-state index in [2.05, 4.69) is 21.5 Å². The molecule has 6 aromatic rings. The summed E-state index contributed by atoms with van der Waals surface area (Å²) < 4.78 is 2.83. The summed E-state index contributed by atoms with van der Waals surface area (Å²) in [6.07, 6.45) is 3.47. The second-order valence-corrected chi connectivity index (χ2v) is 9.46. The van der Waals surface area contributed by atoms with Gasteiger partial charge in [0.15, 0.2) is 5.65 Å². The minimum atomic E-state index is -0.506. The van der Waals surface area contributed by atoms with Crippen LogP contribution >= 0.6 is 0 Å². The highest BCUT2D eigenvalue weighted by atomic mass is 16.2. The average Bonchev–Trinajstić information content (AvgIpc) is 3.33. The number of fused-ring (bicyclic) bond motifs is 6. The van der Waals surface area contributed by atoms with Gasteiger partial charge < -0.3 is 5.32 Å². The molecule has 1 amide bonds. The zero-order chi connectivity index (χ0) is 25.8. The quantitative estimate of drug-likeness (QED) is 0.380. The number of hydrogen-bond acceptors (Lipinski definition) is 5. The van der Waals surface area contributed by atoms with Crippen molar-refractivity contribution in [3.63, 3.8) is 0 Å². The summed E-state index contributed by atoms with van der Waals surface area (Å²) in [5, 5.41) is 7.86. The molecule has 1 N–H and O–H groups in total. The predicted octanol–water partition coefficient (Wildman–Crippen LogP) is 4.75. The molecule has 0 unspecified atom stereocenters. The van der Waals surface area contributed by atoms with Crippen molar-refractivity contribution in [3.05, 3.63) is 118 Å². The predicted molar refractivity (Wildman–Crippen MR) is 146 cm³/mol. The van der Waals surface area contributed by atoms with Gasteiger partial charge in [-0.15, -0.1) is 5.10 Å². The first kappa shape index (κ1) is 22.1. The first-order valence-corrected chi connectivity index (χ1v) is 12.4. The summed E-state index contributed by atoms with van der Waals surface area (Å²) in [6.45, 7) is 1.99. The molecule has 0 fully saturated rings. The molecule has 8 nitrogen and oxygen atoms in total. The molecule has 184 valence electrons. The lowest BCUT2D eigenvalue weighted by molar-refractivity contribution is 0.101. The molecule has 0 atom stereocenters. The Bertz CT molecular complexity index is 1940. The zero-order valence-corrected chi connectivity index (χ0v) is 20.5. The lowest BCUT2D eigenvalue weighted by atomic mass is 9.85. The highest BCUT2D eigenvalue weighted by Gasteiger charge is 2.27. The lowest BCUT2D eigenvalue weighted by Gasteiger charge is -2.20. The van der Waals surface area contributed by atoms with Crippen molar-refractivity contribution >= 4 is 28.4 Å². The Morgan fingerprint density at radius 3 is 2.45 bits per heavy atom. The summed E-state index contributed by atoms with van der Waals surface area (Å²) in [5.41, 5.74) is 6.32. The standard InChI is InChI=1S/C30H22N6O2/c1-18-11-15-22(16-12-18)36-30-33-26-25(24-20(17-31-26)14-13-19-7-5-6-10-23(19)24)29(38)35(30)27(34-36)28(37)32-21-8-3-2-4-9-21/h2-12,15-17H,13-14H2,1H3,(H,32,37). The summed E-state index contributed by atoms with van der Waals surface area (Å²) in [5.74, 6) is -0.333. The van der Waals surface area contributed by atoms with Gasteiger partial charge in [0.05, 0.1) is 11.1 Å². The molecule has 3 aromatic carbocycles. The monoisotopic (exact) mass is 498 g/mol. The van der Waals surface area contributed by atoms with E-state index in [1.54, 1.807) is 12.1 Å². The Morgan fingerprint density at radius 1 is 0.895 bits per heavy atom. The highest BCUT2D eigenvalue weighted by molar-refractivity contribution is 6.03. The van der Waals surface area contributed by atoms with Crippen LogP contribution in [0.3, 0.4) is 0 Å². The fourth-order valence-electron chi connectivity index (χ4n) is 5.16. The van der Waals surface area contributed by atoms with Crippen LogP contribution < -0.4 is 10.9 Å². The fourth-order valence-corrected chi connectivity index (χ4v) is 5.16. The number of benzene rings is 3. The van der Waals surface area contributed by atoms with Crippen molar-refractivity contribution in [3.8, 4) is 16.8 Å². The summed E-state index contributed by atoms with van der Waals surface area (Å²) >= 11 is 0. The highest BCUT2D eigenvalue weighted by Crippen LogP contribution is 2.36. The lowest BCUT2D eigenvalue weighted by Crippen LogP contribution is -2.24. The second-order valence-electron chi connectivity index (χ2n) is 9.46. The number of anilines is 1. The number of aryl methyl sites for hydroxylation is 3. The van der Waals surface area contributed by atoms with Crippen LogP contribution in [0.1, 0.15) is 27.3 Å². The average molecular weight is 499 g/mol. The van der Waals surface area contributed by atoms with Crippen molar-refractivity contribution < 1.29 is 4.79 Å². The van der Waals surface area contributed by atoms with Crippen LogP contribution in [0.2, 0.25) is 0 Å². The molecular weight excluding hydrogens is 476 g/mol. The van der Waals surface area contributed by atoms with Gasteiger partial charge in [0.1, 0.15) is 0 Å². The van der Waals surface area contributed by atoms with Crippen molar-refractivity contribution in [1.29, 1.82) is 0 Å². The molecule has 3 aromatic heterocycles. The number of amides is 1. The van der Waals surface area contributed by atoms with Crippen LogP contribution in [-0.4, -0.2) is 30.1 Å². The molecule has 0 aliphatic heterocycles. The molecule has 3 heterocycles. The van der Waals surface area contributed by atoms with Crippen LogP contribution in [0.5, 0.6) is 0 Å². The van der Waals surface area contributed by atoms with E-state index in [1.165, 1.54) is 14.6 Å². The van der Waals surface area contributed by atoms with Gasteiger partial charge in [-0.3, -0.25) is 9.59 Å². The number of nitrogens with zero attached hydrogens (tertiary/aromatic N) is 5. The topological polar surface area (TPSA) is 94.2 Å². The van der Waals surface area contributed by atoms with Crippen LogP contribution in [0.25, 0.3) is 33.6 Å². The normalized spacial score (nSPS) is 12.3. The van der Waals surface area contributed by atoms with Crippen molar-refractivity contribution in [1.82, 2.24) is 24.1 Å². The summed E-state index contributed by atoms with van der Waals surface area (Å²) in [4.78, 5) is 37.2. The van der Waals surface area contributed by atoms with E-state index in [4.69, 9.17) is 4.98 Å². The molecule has 1 aliphatic rings. The number of carbonyl (C=O) groups is 1. The summed E-state index contributed by atoms with van der Waals surface area (Å²) in [6, 6.07) is 24.8. The maximum atomic E-state index is 14.3. The Kier molecular flexibility index (Phi) is 4.94. The summed E-state index contributed by atoms with van der Waals surface area (Å²) in [7, 11) is 0. The van der Waals surface area contributed by atoms with E-state index >= 15 is 0 Å². The zero-order valence-electron chi connectivity index (χ0n) is 20.5. The molecule has 8 heteroatoms. The number of nitrogens with one attached hydrogen (secondary N) is 1. The van der Waals surface area contributed by atoms with Gasteiger partial charge >= 0.3 is 0 Å². The largest absolute Gasteiger partial charge is 0.319 e. The van der Waals surface area contributed by atoms with Crippen LogP contribution in [-0.2, 0) is 12.8 Å². The van der Waals surface area contributed by atoms with Crippen LogP contribution in [0.15, 0.2) is 89.9 Å². The van der Waals surface area contributed by atoms with E-state index in [9.17, 15) is 9.59 Å². The molecule has 7 rings (SSSR count). The first-order valence-electron chi connectivity index (χ1n) is 12.4. The van der Waals surface area contributed by atoms with E-state index < -0.39 is 5.91 Å². The van der Waals surface area contributed by atoms with Gasteiger partial charge in [-0.25, -0.2) is 9.38 Å². The van der Waals surface area contributed by atoms with Gasteiger partial charge in [-0.2, -0.15) is 9.67 Å². The second kappa shape index (κ2) is 8.48. The third-order valence-electron chi connectivity index (χ3n) is 7.02. The minimum absolute atomic E-state index is 0.0504. The maximum absolute atomic E-state index is 14.3. The van der Waals surface area contributed by atoms with E-state index in [1.807, 2.05) is 73.8 Å². The molecular formula is C30H22N6O2. The van der Waals surface area contributed by atoms with Crippen molar-refractivity contribution in [2.75, 3.05) is 5.32 Å². The van der Waals surface area contributed by atoms with Gasteiger partial charge in [-0.05, 0) is 60.7 Å². The van der Waals surface area contributed by atoms with Gasteiger partial charge in [0, 0.05) is 17.4 Å².